The first-order chi connectivity index (χ1) is 12.3. The molecule has 3 rings (SSSR count). The molecule has 0 bridgehead atoms. The van der Waals surface area contributed by atoms with E-state index >= 15 is 0 Å². The lowest BCUT2D eigenvalue weighted by atomic mass is 9.99. The molecule has 140 valence electrons. The van der Waals surface area contributed by atoms with E-state index in [9.17, 15) is 27.2 Å². The number of hydrogen-bond acceptors (Lipinski definition) is 6. The van der Waals surface area contributed by atoms with E-state index in [-0.39, 0.29) is 43.7 Å². The number of hydroxylamine groups is 2. The van der Waals surface area contributed by atoms with Crippen LogP contribution in [0.2, 0.25) is 0 Å². The van der Waals surface area contributed by atoms with Gasteiger partial charge in [-0.25, -0.2) is 17.6 Å². The number of rotatable bonds is 4. The number of amides is 2. The van der Waals surface area contributed by atoms with Crippen molar-refractivity contribution in [1.29, 1.82) is 0 Å². The Morgan fingerprint density at radius 1 is 1.04 bits per heavy atom. The lowest BCUT2D eigenvalue weighted by molar-refractivity contribution is -0.201. The van der Waals surface area contributed by atoms with E-state index in [0.29, 0.717) is 5.06 Å². The number of halogens is 1. The van der Waals surface area contributed by atoms with E-state index in [2.05, 4.69) is 0 Å². The third-order valence-corrected chi connectivity index (χ3v) is 6.34. The first kappa shape index (κ1) is 18.5. The second kappa shape index (κ2) is 7.12. The molecule has 26 heavy (non-hydrogen) atoms. The maximum absolute atomic E-state index is 13.0. The highest BCUT2D eigenvalue weighted by Crippen LogP contribution is 2.25. The van der Waals surface area contributed by atoms with Crippen molar-refractivity contribution in [1.82, 2.24) is 9.37 Å². The van der Waals surface area contributed by atoms with Crippen molar-refractivity contribution in [3.63, 3.8) is 0 Å². The van der Waals surface area contributed by atoms with Crippen LogP contribution in [0.3, 0.4) is 0 Å². The summed E-state index contributed by atoms with van der Waals surface area (Å²) in [5.74, 6) is -2.96. The largest absolute Gasteiger partial charge is 0.336 e. The number of benzene rings is 1. The van der Waals surface area contributed by atoms with E-state index in [0.717, 1.165) is 12.1 Å². The van der Waals surface area contributed by atoms with Crippen molar-refractivity contribution in [2.45, 2.75) is 30.6 Å². The van der Waals surface area contributed by atoms with E-state index in [4.69, 9.17) is 4.84 Å². The van der Waals surface area contributed by atoms with Crippen molar-refractivity contribution >= 4 is 27.8 Å². The Bertz CT molecular complexity index is 815. The normalized spacial score (nSPS) is 19.8. The molecule has 0 spiro atoms. The Morgan fingerprint density at radius 2 is 1.58 bits per heavy atom. The van der Waals surface area contributed by atoms with Gasteiger partial charge in [-0.05, 0) is 37.1 Å². The molecule has 8 nitrogen and oxygen atoms in total. The van der Waals surface area contributed by atoms with Crippen LogP contribution in [0.5, 0.6) is 0 Å². The van der Waals surface area contributed by atoms with Gasteiger partial charge >= 0.3 is 5.97 Å². The molecule has 2 saturated heterocycles. The zero-order valence-corrected chi connectivity index (χ0v) is 14.6. The molecule has 0 radical (unpaired) electrons. The number of piperidine rings is 1. The van der Waals surface area contributed by atoms with Gasteiger partial charge in [0.1, 0.15) is 5.82 Å². The van der Waals surface area contributed by atoms with Gasteiger partial charge < -0.3 is 4.84 Å². The molecular formula is C16H17FN2O6S. The van der Waals surface area contributed by atoms with Crippen molar-refractivity contribution in [2.24, 2.45) is 5.92 Å². The minimum absolute atomic E-state index is 0.0144. The Labute approximate surface area is 149 Å². The Morgan fingerprint density at radius 3 is 2.12 bits per heavy atom. The summed E-state index contributed by atoms with van der Waals surface area (Å²) in [5.41, 5.74) is 0. The maximum Gasteiger partial charge on any atom is 0.336 e. The molecule has 0 unspecified atom stereocenters. The van der Waals surface area contributed by atoms with Gasteiger partial charge in [0.15, 0.2) is 0 Å². The van der Waals surface area contributed by atoms with Gasteiger partial charge in [-0.2, -0.15) is 4.31 Å². The number of carbonyl (C=O) groups excluding carboxylic acids is 3. The highest BCUT2D eigenvalue weighted by molar-refractivity contribution is 7.89. The molecule has 0 aromatic heterocycles. The predicted molar refractivity (Wildman–Crippen MR) is 85.1 cm³/mol. The molecule has 1 aromatic rings. The van der Waals surface area contributed by atoms with Crippen LogP contribution in [0, 0.1) is 11.7 Å². The van der Waals surface area contributed by atoms with Crippen LogP contribution in [0.1, 0.15) is 25.7 Å². The Hall–Kier alpha value is -2.33. The lowest BCUT2D eigenvalue weighted by Gasteiger charge is -2.30. The minimum Gasteiger partial charge on any atom is -0.330 e. The van der Waals surface area contributed by atoms with Crippen LogP contribution in [0.25, 0.3) is 0 Å². The highest BCUT2D eigenvalue weighted by Gasteiger charge is 2.37. The number of imide groups is 1. The summed E-state index contributed by atoms with van der Waals surface area (Å²) in [6.07, 6.45) is 0.436. The minimum atomic E-state index is -3.77. The van der Waals surface area contributed by atoms with Crippen molar-refractivity contribution in [2.75, 3.05) is 13.1 Å². The molecule has 2 fully saturated rings. The second-order valence-corrected chi connectivity index (χ2v) is 8.06. The van der Waals surface area contributed by atoms with Crippen LogP contribution in [-0.4, -0.2) is 48.7 Å². The fourth-order valence-electron chi connectivity index (χ4n) is 2.91. The summed E-state index contributed by atoms with van der Waals surface area (Å²) < 4.78 is 39.2. The zero-order valence-electron chi connectivity index (χ0n) is 13.8. The molecule has 2 amide bonds. The van der Waals surface area contributed by atoms with E-state index in [1.54, 1.807) is 0 Å². The van der Waals surface area contributed by atoms with Crippen molar-refractivity contribution in [3.05, 3.63) is 30.1 Å². The number of hydrogen-bond donors (Lipinski definition) is 0. The summed E-state index contributed by atoms with van der Waals surface area (Å²) in [7, 11) is -3.77. The van der Waals surface area contributed by atoms with E-state index in [1.165, 1.54) is 16.4 Å². The van der Waals surface area contributed by atoms with Gasteiger partial charge in [0.2, 0.25) is 10.0 Å². The lowest BCUT2D eigenvalue weighted by Crippen LogP contribution is -2.42. The standard InChI is InChI=1S/C16H17FN2O6S/c17-12-1-3-13(4-2-12)26(23,24)18-9-7-11(8-10-18)16(22)25-19-14(20)5-6-15(19)21/h1-4,11H,5-10H2. The van der Waals surface area contributed by atoms with Crippen LogP contribution in [-0.2, 0) is 29.2 Å². The molecule has 2 heterocycles. The van der Waals surface area contributed by atoms with Gasteiger partial charge in [0.25, 0.3) is 11.8 Å². The fraction of sp³-hybridized carbons (Fsp3) is 0.438. The number of sulfonamides is 1. The summed E-state index contributed by atoms with van der Waals surface area (Å²) in [6, 6.07) is 4.52. The molecule has 1 aromatic carbocycles. The first-order valence-corrected chi connectivity index (χ1v) is 9.56. The monoisotopic (exact) mass is 384 g/mol. The molecule has 2 aliphatic heterocycles. The molecule has 0 saturated carbocycles. The molecule has 2 aliphatic rings. The van der Waals surface area contributed by atoms with E-state index in [1.807, 2.05) is 0 Å². The summed E-state index contributed by atoms with van der Waals surface area (Å²) in [4.78, 5) is 40.0. The van der Waals surface area contributed by atoms with Gasteiger partial charge in [-0.1, -0.05) is 0 Å². The fourth-order valence-corrected chi connectivity index (χ4v) is 4.38. The Balaban J connectivity index is 1.60. The summed E-state index contributed by atoms with van der Waals surface area (Å²) in [6.45, 7) is 0.169. The first-order valence-electron chi connectivity index (χ1n) is 8.12. The molecule has 0 aliphatic carbocycles. The van der Waals surface area contributed by atoms with Gasteiger partial charge in [-0.3, -0.25) is 9.59 Å². The average molecular weight is 384 g/mol. The number of nitrogens with zero attached hydrogens (tertiary/aromatic N) is 2. The van der Waals surface area contributed by atoms with Crippen molar-refractivity contribution < 1.29 is 32.0 Å². The Kier molecular flexibility index (Phi) is 5.05. The number of carbonyl (C=O) groups is 3. The molecule has 0 atom stereocenters. The van der Waals surface area contributed by atoms with Gasteiger partial charge in [0.05, 0.1) is 10.8 Å². The molecule has 10 heteroatoms. The van der Waals surface area contributed by atoms with E-state index < -0.39 is 39.5 Å². The third kappa shape index (κ3) is 3.61. The average Bonchev–Trinajstić information content (AvgIpc) is 2.94. The molecular weight excluding hydrogens is 367 g/mol. The smallest absolute Gasteiger partial charge is 0.330 e. The second-order valence-electron chi connectivity index (χ2n) is 6.12. The molecule has 0 N–H and O–H groups in total. The zero-order chi connectivity index (χ0) is 18.9. The quantitative estimate of drug-likeness (QED) is 0.713. The highest BCUT2D eigenvalue weighted by atomic mass is 32.2. The topological polar surface area (TPSA) is 101 Å². The summed E-state index contributed by atoms with van der Waals surface area (Å²) >= 11 is 0. The van der Waals surface area contributed by atoms with Crippen LogP contribution in [0.15, 0.2) is 29.2 Å². The summed E-state index contributed by atoms with van der Waals surface area (Å²) in [5, 5.41) is 0.490. The van der Waals surface area contributed by atoms with Crippen LogP contribution >= 0.6 is 0 Å². The predicted octanol–water partition coefficient (Wildman–Crippen LogP) is 0.834. The van der Waals surface area contributed by atoms with Crippen LogP contribution in [0.4, 0.5) is 4.39 Å². The van der Waals surface area contributed by atoms with Gasteiger partial charge in [0, 0.05) is 25.9 Å². The SMILES string of the molecule is O=C(ON1C(=O)CCC1=O)C1CCN(S(=O)(=O)c2ccc(F)cc2)CC1. The third-order valence-electron chi connectivity index (χ3n) is 4.43. The van der Waals surface area contributed by atoms with Gasteiger partial charge in [-0.15, -0.1) is 5.06 Å². The van der Waals surface area contributed by atoms with Crippen molar-refractivity contribution in [3.8, 4) is 0 Å². The maximum atomic E-state index is 13.0. The van der Waals surface area contributed by atoms with Crippen LogP contribution < -0.4 is 0 Å².